The van der Waals surface area contributed by atoms with Crippen LogP contribution in [0.4, 0.5) is 4.39 Å². The molecular weight excluding hydrogens is 331 g/mol. The van der Waals surface area contributed by atoms with E-state index in [1.165, 1.54) is 7.11 Å². The number of nitrogens with zero attached hydrogens (tertiary/aromatic N) is 4. The van der Waals surface area contributed by atoms with Gasteiger partial charge in [-0.05, 0) is 12.8 Å². The molecule has 3 heterocycles. The van der Waals surface area contributed by atoms with Crippen molar-refractivity contribution in [2.45, 2.75) is 49.7 Å². The average Bonchev–Trinajstić information content (AvgIpc) is 3.16. The van der Waals surface area contributed by atoms with E-state index in [-0.39, 0.29) is 25.0 Å². The van der Waals surface area contributed by atoms with Crippen molar-refractivity contribution in [3.63, 3.8) is 0 Å². The fourth-order valence-electron chi connectivity index (χ4n) is 3.11. The highest BCUT2D eigenvalue weighted by Gasteiger charge is 2.38. The molecule has 0 bridgehead atoms. The number of carbonyl (C=O) groups is 2. The smallest absolute Gasteiger partial charge is 0.325 e. The maximum absolute atomic E-state index is 13.7. The molecule has 1 aromatic heterocycles. The van der Waals surface area contributed by atoms with E-state index in [4.69, 9.17) is 4.74 Å². The van der Waals surface area contributed by atoms with Gasteiger partial charge in [-0.2, -0.15) is 10.2 Å². The second-order valence-electron chi connectivity index (χ2n) is 6.17. The Morgan fingerprint density at radius 3 is 2.84 bits per heavy atom. The van der Waals surface area contributed by atoms with Gasteiger partial charge in [-0.15, -0.1) is 0 Å². The van der Waals surface area contributed by atoms with Gasteiger partial charge in [-0.3, -0.25) is 14.9 Å². The number of amides is 1. The zero-order chi connectivity index (χ0) is 17.8. The number of ether oxygens (including phenoxy) is 1. The third kappa shape index (κ3) is 4.01. The van der Waals surface area contributed by atoms with E-state index >= 15 is 0 Å². The Morgan fingerprint density at radius 2 is 2.20 bits per heavy atom. The molecular formula is C15H21FN6O3. The molecule has 136 valence electrons. The number of azo groups is 1. The molecule has 1 saturated heterocycles. The molecule has 2 aliphatic heterocycles. The third-order valence-corrected chi connectivity index (χ3v) is 4.46. The molecule has 2 aliphatic rings. The van der Waals surface area contributed by atoms with Crippen LogP contribution in [0.15, 0.2) is 28.9 Å². The second-order valence-corrected chi connectivity index (χ2v) is 6.17. The highest BCUT2D eigenvalue weighted by Crippen LogP contribution is 2.24. The topological polar surface area (TPSA) is 110 Å². The van der Waals surface area contributed by atoms with Crippen LogP contribution in [-0.4, -0.2) is 59.4 Å². The summed E-state index contributed by atoms with van der Waals surface area (Å²) in [6.45, 7) is 0.0574. The molecule has 5 atom stereocenters. The number of piperidine rings is 1. The Labute approximate surface area is 144 Å². The number of aromatic nitrogens is 2. The van der Waals surface area contributed by atoms with Crippen molar-refractivity contribution in [1.82, 2.24) is 20.2 Å². The molecule has 1 amide bonds. The largest absolute Gasteiger partial charge is 0.468 e. The highest BCUT2D eigenvalue weighted by molar-refractivity contribution is 5.84. The Bertz CT molecular complexity index is 637. The summed E-state index contributed by atoms with van der Waals surface area (Å²) < 4.78 is 20.2. The van der Waals surface area contributed by atoms with Crippen molar-refractivity contribution in [2.75, 3.05) is 13.7 Å². The molecule has 9 nitrogen and oxygen atoms in total. The predicted octanol–water partition coefficient (Wildman–Crippen LogP) is 0.354. The monoisotopic (exact) mass is 352 g/mol. The summed E-state index contributed by atoms with van der Waals surface area (Å²) in [7, 11) is 1.26. The van der Waals surface area contributed by atoms with E-state index in [0.29, 0.717) is 12.8 Å². The molecule has 0 aliphatic carbocycles. The molecule has 3 rings (SSSR count). The van der Waals surface area contributed by atoms with Crippen LogP contribution < -0.4 is 10.6 Å². The SMILES string of the molecule is COC(=O)C1NCC(F)CC1NC(=O)C1CCC(n2ccnc2)N=N1. The van der Waals surface area contributed by atoms with Crippen LogP contribution >= 0.6 is 0 Å². The summed E-state index contributed by atoms with van der Waals surface area (Å²) in [6.07, 6.45) is 5.02. The van der Waals surface area contributed by atoms with E-state index in [2.05, 4.69) is 25.8 Å². The molecule has 2 N–H and O–H groups in total. The highest BCUT2D eigenvalue weighted by atomic mass is 19.1. The van der Waals surface area contributed by atoms with Crippen LogP contribution in [0.3, 0.4) is 0 Å². The lowest BCUT2D eigenvalue weighted by Crippen LogP contribution is -2.61. The van der Waals surface area contributed by atoms with Gasteiger partial charge in [0.05, 0.1) is 19.5 Å². The number of methoxy groups -OCH3 is 1. The van der Waals surface area contributed by atoms with Gasteiger partial charge in [0, 0.05) is 25.4 Å². The van der Waals surface area contributed by atoms with Crippen LogP contribution in [0.25, 0.3) is 0 Å². The molecule has 1 aromatic rings. The fraction of sp³-hybridized carbons (Fsp3) is 0.667. The second kappa shape index (κ2) is 7.68. The minimum Gasteiger partial charge on any atom is -0.468 e. The van der Waals surface area contributed by atoms with E-state index in [9.17, 15) is 14.0 Å². The Balaban J connectivity index is 1.61. The molecule has 1 fully saturated rings. The van der Waals surface area contributed by atoms with E-state index in [1.54, 1.807) is 18.7 Å². The zero-order valence-electron chi connectivity index (χ0n) is 13.8. The van der Waals surface area contributed by atoms with Gasteiger partial charge >= 0.3 is 5.97 Å². The van der Waals surface area contributed by atoms with Crippen molar-refractivity contribution in [1.29, 1.82) is 0 Å². The molecule has 25 heavy (non-hydrogen) atoms. The lowest BCUT2D eigenvalue weighted by Gasteiger charge is -2.33. The van der Waals surface area contributed by atoms with Gasteiger partial charge < -0.3 is 14.6 Å². The summed E-state index contributed by atoms with van der Waals surface area (Å²) in [5, 5.41) is 13.7. The molecule has 0 aromatic carbocycles. The lowest BCUT2D eigenvalue weighted by atomic mass is 9.96. The van der Waals surface area contributed by atoms with Gasteiger partial charge in [-0.25, -0.2) is 9.37 Å². The van der Waals surface area contributed by atoms with Crippen molar-refractivity contribution < 1.29 is 18.7 Å². The van der Waals surface area contributed by atoms with Gasteiger partial charge in [0.1, 0.15) is 24.4 Å². The number of nitrogens with one attached hydrogen (secondary N) is 2. The number of carbonyl (C=O) groups excluding carboxylic acids is 2. The number of hydrogen-bond donors (Lipinski definition) is 2. The van der Waals surface area contributed by atoms with Crippen molar-refractivity contribution in [2.24, 2.45) is 10.2 Å². The standard InChI is InChI=1S/C15H21FN6O3/c1-25-15(24)13-11(6-9(16)7-18-13)19-14(23)10-2-3-12(21-20-10)22-5-4-17-8-22/h4-5,8-13,18H,2-3,6-7H2,1H3,(H,19,23). The van der Waals surface area contributed by atoms with E-state index in [1.807, 2.05) is 4.57 Å². The van der Waals surface area contributed by atoms with Crippen LogP contribution in [0.5, 0.6) is 0 Å². The minimum atomic E-state index is -1.13. The van der Waals surface area contributed by atoms with E-state index in [0.717, 1.165) is 0 Å². The van der Waals surface area contributed by atoms with Crippen LogP contribution in [0, 0.1) is 0 Å². The quantitative estimate of drug-likeness (QED) is 0.760. The summed E-state index contributed by atoms with van der Waals surface area (Å²) in [5.74, 6) is -0.884. The van der Waals surface area contributed by atoms with Crippen molar-refractivity contribution in [3.8, 4) is 0 Å². The first-order valence-electron chi connectivity index (χ1n) is 8.21. The Kier molecular flexibility index (Phi) is 5.37. The first-order chi connectivity index (χ1) is 12.1. The first kappa shape index (κ1) is 17.5. The molecule has 10 heteroatoms. The Morgan fingerprint density at radius 1 is 1.36 bits per heavy atom. The predicted molar refractivity (Wildman–Crippen MR) is 84.4 cm³/mol. The average molecular weight is 352 g/mol. The van der Waals surface area contributed by atoms with Gasteiger partial charge in [-0.1, -0.05) is 0 Å². The lowest BCUT2D eigenvalue weighted by molar-refractivity contribution is -0.145. The van der Waals surface area contributed by atoms with E-state index < -0.39 is 30.3 Å². The zero-order valence-corrected chi connectivity index (χ0v) is 13.8. The minimum absolute atomic E-state index is 0.0556. The summed E-state index contributed by atoms with van der Waals surface area (Å²) in [5.41, 5.74) is 0. The van der Waals surface area contributed by atoms with Crippen LogP contribution in [-0.2, 0) is 14.3 Å². The number of hydrogen-bond acceptors (Lipinski definition) is 7. The molecule has 0 spiro atoms. The number of halogens is 1. The molecule has 0 radical (unpaired) electrons. The Hall–Kier alpha value is -2.36. The normalized spacial score (nSPS) is 32.2. The molecule has 5 unspecified atom stereocenters. The summed E-state index contributed by atoms with van der Waals surface area (Å²) in [6, 6.07) is -2.08. The molecule has 0 saturated carbocycles. The fourth-order valence-corrected chi connectivity index (χ4v) is 3.11. The van der Waals surface area contributed by atoms with Gasteiger partial charge in [0.25, 0.3) is 0 Å². The third-order valence-electron chi connectivity index (χ3n) is 4.46. The van der Waals surface area contributed by atoms with Crippen molar-refractivity contribution >= 4 is 11.9 Å². The maximum Gasteiger partial charge on any atom is 0.325 e. The van der Waals surface area contributed by atoms with Gasteiger partial charge in [0.2, 0.25) is 5.91 Å². The van der Waals surface area contributed by atoms with Crippen LogP contribution in [0.2, 0.25) is 0 Å². The first-order valence-corrected chi connectivity index (χ1v) is 8.21. The van der Waals surface area contributed by atoms with Gasteiger partial charge in [0.15, 0.2) is 0 Å². The van der Waals surface area contributed by atoms with Crippen molar-refractivity contribution in [3.05, 3.63) is 18.7 Å². The number of esters is 1. The summed E-state index contributed by atoms with van der Waals surface area (Å²) in [4.78, 5) is 28.2. The number of alkyl halides is 1. The maximum atomic E-state index is 13.7. The summed E-state index contributed by atoms with van der Waals surface area (Å²) >= 11 is 0. The van der Waals surface area contributed by atoms with Crippen LogP contribution in [0.1, 0.15) is 25.4 Å². The number of rotatable bonds is 4. The number of imidazole rings is 1.